The molecule has 1 aromatic carbocycles. The number of nitrogens with two attached hydrogens (primary N) is 1. The quantitative estimate of drug-likeness (QED) is 0.789. The van der Waals surface area contributed by atoms with E-state index in [-0.39, 0.29) is 12.2 Å². The molecule has 0 saturated carbocycles. The smallest absolute Gasteiger partial charge is 0.245 e. The Kier molecular flexibility index (Phi) is 4.31. The van der Waals surface area contributed by atoms with E-state index in [1.165, 1.54) is 19.2 Å². The summed E-state index contributed by atoms with van der Waals surface area (Å²) >= 11 is 0. The Morgan fingerprint density at radius 1 is 1.44 bits per heavy atom. The van der Waals surface area contributed by atoms with Crippen molar-refractivity contribution < 1.29 is 17.5 Å². The van der Waals surface area contributed by atoms with E-state index in [0.29, 0.717) is 0 Å². The Bertz CT molecular complexity index is 509. The van der Waals surface area contributed by atoms with Crippen LogP contribution in [0.5, 0.6) is 0 Å². The maximum absolute atomic E-state index is 13.5. The van der Waals surface area contributed by atoms with Gasteiger partial charge in [-0.1, -0.05) is 6.07 Å². The number of methoxy groups -OCH3 is 1. The predicted octanol–water partition coefficient (Wildman–Crippen LogP) is 1.11. The SMILES string of the molecule is COC(C)(C)CNS(=O)(=O)c1c(N)cccc1F. The zero-order valence-electron chi connectivity index (χ0n) is 10.5. The third-order valence-corrected chi connectivity index (χ3v) is 4.00. The average Bonchev–Trinajstić information content (AvgIpc) is 2.26. The van der Waals surface area contributed by atoms with Gasteiger partial charge in [0.15, 0.2) is 0 Å². The van der Waals surface area contributed by atoms with Crippen molar-refractivity contribution in [2.24, 2.45) is 0 Å². The summed E-state index contributed by atoms with van der Waals surface area (Å²) in [7, 11) is -2.53. The van der Waals surface area contributed by atoms with Crippen LogP contribution in [0.2, 0.25) is 0 Å². The van der Waals surface area contributed by atoms with E-state index >= 15 is 0 Å². The van der Waals surface area contributed by atoms with Crippen molar-refractivity contribution in [3.05, 3.63) is 24.0 Å². The predicted molar refractivity (Wildman–Crippen MR) is 67.1 cm³/mol. The lowest BCUT2D eigenvalue weighted by atomic mass is 10.1. The molecule has 0 atom stereocenters. The molecule has 0 unspecified atom stereocenters. The number of rotatable bonds is 5. The van der Waals surface area contributed by atoms with Crippen molar-refractivity contribution in [1.82, 2.24) is 4.72 Å². The Labute approximate surface area is 106 Å². The van der Waals surface area contributed by atoms with Crippen molar-refractivity contribution in [1.29, 1.82) is 0 Å². The van der Waals surface area contributed by atoms with Crippen LogP contribution < -0.4 is 10.5 Å². The van der Waals surface area contributed by atoms with Crippen LogP contribution in [0.4, 0.5) is 10.1 Å². The molecular formula is C11H17FN2O3S. The first-order chi connectivity index (χ1) is 8.19. The van der Waals surface area contributed by atoms with E-state index in [1.54, 1.807) is 13.8 Å². The summed E-state index contributed by atoms with van der Waals surface area (Å²) in [4.78, 5) is -0.531. The summed E-state index contributed by atoms with van der Waals surface area (Å²) in [6.07, 6.45) is 0. The van der Waals surface area contributed by atoms with Crippen molar-refractivity contribution in [3.8, 4) is 0 Å². The van der Waals surface area contributed by atoms with Crippen LogP contribution in [0, 0.1) is 5.82 Å². The summed E-state index contributed by atoms with van der Waals surface area (Å²) in [5.74, 6) is -0.877. The van der Waals surface area contributed by atoms with E-state index in [0.717, 1.165) is 6.07 Å². The highest BCUT2D eigenvalue weighted by atomic mass is 32.2. The number of hydrogen-bond donors (Lipinski definition) is 2. The van der Waals surface area contributed by atoms with Gasteiger partial charge in [-0.15, -0.1) is 0 Å². The molecule has 0 aromatic heterocycles. The molecule has 0 fully saturated rings. The molecule has 18 heavy (non-hydrogen) atoms. The van der Waals surface area contributed by atoms with Crippen molar-refractivity contribution in [2.45, 2.75) is 24.3 Å². The number of halogens is 1. The van der Waals surface area contributed by atoms with Gasteiger partial charge in [-0.25, -0.2) is 17.5 Å². The molecule has 0 amide bonds. The first-order valence-corrected chi connectivity index (χ1v) is 6.77. The van der Waals surface area contributed by atoms with Crippen LogP contribution in [0.1, 0.15) is 13.8 Å². The van der Waals surface area contributed by atoms with Gasteiger partial charge >= 0.3 is 0 Å². The number of ether oxygens (including phenoxy) is 1. The highest BCUT2D eigenvalue weighted by molar-refractivity contribution is 7.89. The molecule has 5 nitrogen and oxygen atoms in total. The first-order valence-electron chi connectivity index (χ1n) is 5.28. The minimum Gasteiger partial charge on any atom is -0.398 e. The molecule has 102 valence electrons. The Morgan fingerprint density at radius 2 is 2.06 bits per heavy atom. The summed E-state index contributed by atoms with van der Waals surface area (Å²) in [5.41, 5.74) is 4.67. The Morgan fingerprint density at radius 3 is 2.56 bits per heavy atom. The number of nitrogen functional groups attached to an aromatic ring is 1. The molecule has 7 heteroatoms. The number of benzene rings is 1. The molecule has 0 bridgehead atoms. The van der Waals surface area contributed by atoms with E-state index in [4.69, 9.17) is 10.5 Å². The molecule has 0 aliphatic rings. The minimum atomic E-state index is -3.99. The number of sulfonamides is 1. The second kappa shape index (κ2) is 5.21. The van der Waals surface area contributed by atoms with Crippen LogP contribution in [0.25, 0.3) is 0 Å². The molecule has 0 heterocycles. The van der Waals surface area contributed by atoms with E-state index in [1.807, 2.05) is 0 Å². The number of anilines is 1. The van der Waals surface area contributed by atoms with Gasteiger partial charge in [0.1, 0.15) is 10.7 Å². The van der Waals surface area contributed by atoms with Gasteiger partial charge in [0, 0.05) is 13.7 Å². The lowest BCUT2D eigenvalue weighted by Crippen LogP contribution is -2.40. The lowest BCUT2D eigenvalue weighted by Gasteiger charge is -2.23. The molecule has 0 spiro atoms. The van der Waals surface area contributed by atoms with E-state index in [2.05, 4.69) is 4.72 Å². The van der Waals surface area contributed by atoms with Gasteiger partial charge in [-0.05, 0) is 26.0 Å². The second-order valence-electron chi connectivity index (χ2n) is 4.45. The van der Waals surface area contributed by atoms with Crippen LogP contribution in [-0.2, 0) is 14.8 Å². The highest BCUT2D eigenvalue weighted by Crippen LogP contribution is 2.21. The maximum atomic E-state index is 13.5. The molecule has 1 rings (SSSR count). The Hall–Kier alpha value is -1.18. The van der Waals surface area contributed by atoms with Crippen LogP contribution in [0.15, 0.2) is 23.1 Å². The molecule has 0 radical (unpaired) electrons. The highest BCUT2D eigenvalue weighted by Gasteiger charge is 2.25. The third-order valence-electron chi connectivity index (χ3n) is 2.51. The zero-order chi connectivity index (χ0) is 14.0. The first kappa shape index (κ1) is 14.9. The standard InChI is InChI=1S/C11H17FN2O3S/c1-11(2,17-3)7-14-18(15,16)10-8(12)5-4-6-9(10)13/h4-6,14H,7,13H2,1-3H3. The number of hydrogen-bond acceptors (Lipinski definition) is 4. The minimum absolute atomic E-state index is 0.0135. The second-order valence-corrected chi connectivity index (χ2v) is 6.15. The average molecular weight is 276 g/mol. The van der Waals surface area contributed by atoms with E-state index < -0.39 is 26.3 Å². The maximum Gasteiger partial charge on any atom is 0.245 e. The fourth-order valence-corrected chi connectivity index (χ4v) is 2.61. The van der Waals surface area contributed by atoms with Gasteiger partial charge in [0.2, 0.25) is 10.0 Å². The fourth-order valence-electron chi connectivity index (χ4n) is 1.22. The van der Waals surface area contributed by atoms with Crippen LogP contribution in [-0.4, -0.2) is 27.7 Å². The molecular weight excluding hydrogens is 259 g/mol. The van der Waals surface area contributed by atoms with Gasteiger partial charge in [0.05, 0.1) is 11.3 Å². The van der Waals surface area contributed by atoms with Gasteiger partial charge in [-0.3, -0.25) is 0 Å². The topological polar surface area (TPSA) is 81.4 Å². The fraction of sp³-hybridized carbons (Fsp3) is 0.455. The molecule has 0 aliphatic heterocycles. The van der Waals surface area contributed by atoms with Crippen molar-refractivity contribution in [3.63, 3.8) is 0 Å². The molecule has 0 saturated heterocycles. The molecule has 1 aromatic rings. The van der Waals surface area contributed by atoms with Crippen molar-refractivity contribution in [2.75, 3.05) is 19.4 Å². The number of nitrogens with one attached hydrogen (secondary N) is 1. The zero-order valence-corrected chi connectivity index (χ0v) is 11.3. The van der Waals surface area contributed by atoms with Gasteiger partial charge in [-0.2, -0.15) is 0 Å². The normalized spacial score (nSPS) is 12.7. The summed E-state index contributed by atoms with van der Waals surface area (Å²) in [6, 6.07) is 3.73. The van der Waals surface area contributed by atoms with Gasteiger partial charge in [0.25, 0.3) is 0 Å². The third kappa shape index (κ3) is 3.41. The summed E-state index contributed by atoms with van der Waals surface area (Å²) in [5, 5.41) is 0. The summed E-state index contributed by atoms with van der Waals surface area (Å²) < 4.78 is 44.8. The summed E-state index contributed by atoms with van der Waals surface area (Å²) in [6.45, 7) is 3.43. The monoisotopic (exact) mass is 276 g/mol. The van der Waals surface area contributed by atoms with Crippen molar-refractivity contribution >= 4 is 15.7 Å². The molecule has 0 aliphatic carbocycles. The Balaban J connectivity index is 3.01. The van der Waals surface area contributed by atoms with Crippen LogP contribution in [0.3, 0.4) is 0 Å². The largest absolute Gasteiger partial charge is 0.398 e. The van der Waals surface area contributed by atoms with Crippen LogP contribution >= 0.6 is 0 Å². The van der Waals surface area contributed by atoms with Gasteiger partial charge < -0.3 is 10.5 Å². The van der Waals surface area contributed by atoms with E-state index in [9.17, 15) is 12.8 Å². The lowest BCUT2D eigenvalue weighted by molar-refractivity contribution is 0.0276. The molecule has 3 N–H and O–H groups in total.